The fraction of sp³-hybridized carbons (Fsp3) is 0.227. The summed E-state index contributed by atoms with van der Waals surface area (Å²) in [5.74, 6) is -2.87. The van der Waals surface area contributed by atoms with Crippen molar-refractivity contribution in [3.05, 3.63) is 75.8 Å². The number of rotatable bonds is 6. The summed E-state index contributed by atoms with van der Waals surface area (Å²) >= 11 is 6.34. The van der Waals surface area contributed by atoms with Gasteiger partial charge in [0.25, 0.3) is 11.7 Å². The molecule has 150 valence electrons. The number of carbonyl (C=O) groups is 3. The number of aryl methyl sites for hydroxylation is 1. The van der Waals surface area contributed by atoms with Gasteiger partial charge in [-0.15, -0.1) is 0 Å². The van der Waals surface area contributed by atoms with Crippen LogP contribution in [0.3, 0.4) is 0 Å². The standard InChI is InChI=1S/C22H20ClNO5/c1-13-8-10-14(11-9-13)20(27)18-19(15-5-2-3-6-16(15)23)24(22(29)21(18)28)12-4-7-17(25)26/h2-3,5-6,8-11,19,27H,4,7,12H2,1H3,(H,25,26)/t19-/m1/s1. The highest BCUT2D eigenvalue weighted by Crippen LogP contribution is 2.41. The number of aliphatic hydroxyl groups excluding tert-OH is 1. The molecule has 0 aliphatic carbocycles. The van der Waals surface area contributed by atoms with Crippen LogP contribution >= 0.6 is 11.6 Å². The highest BCUT2D eigenvalue weighted by atomic mass is 35.5. The molecule has 0 aromatic heterocycles. The van der Waals surface area contributed by atoms with Crippen LogP contribution in [0.5, 0.6) is 0 Å². The molecule has 7 heteroatoms. The van der Waals surface area contributed by atoms with Crippen molar-refractivity contribution in [2.24, 2.45) is 0 Å². The summed E-state index contributed by atoms with van der Waals surface area (Å²) in [6.45, 7) is 1.95. The van der Waals surface area contributed by atoms with Crippen LogP contribution in [0.1, 0.15) is 35.6 Å². The van der Waals surface area contributed by atoms with Gasteiger partial charge in [0.1, 0.15) is 5.76 Å². The molecule has 0 unspecified atom stereocenters. The van der Waals surface area contributed by atoms with Crippen LogP contribution in [0.2, 0.25) is 5.02 Å². The van der Waals surface area contributed by atoms with E-state index in [1.807, 2.05) is 6.92 Å². The van der Waals surface area contributed by atoms with Crippen molar-refractivity contribution in [3.8, 4) is 0 Å². The molecule has 1 saturated heterocycles. The van der Waals surface area contributed by atoms with E-state index in [4.69, 9.17) is 16.7 Å². The maximum absolute atomic E-state index is 12.8. The maximum Gasteiger partial charge on any atom is 0.303 e. The van der Waals surface area contributed by atoms with Crippen LogP contribution in [-0.2, 0) is 14.4 Å². The molecule has 2 N–H and O–H groups in total. The van der Waals surface area contributed by atoms with Gasteiger partial charge in [0.15, 0.2) is 0 Å². The normalized spacial score (nSPS) is 18.3. The minimum absolute atomic E-state index is 0.0530. The lowest BCUT2D eigenvalue weighted by Gasteiger charge is -2.25. The zero-order valence-corrected chi connectivity index (χ0v) is 16.5. The Kier molecular flexibility index (Phi) is 6.03. The van der Waals surface area contributed by atoms with Crippen LogP contribution in [0.25, 0.3) is 5.76 Å². The predicted molar refractivity (Wildman–Crippen MR) is 109 cm³/mol. The molecular formula is C22H20ClNO5. The van der Waals surface area contributed by atoms with Crippen LogP contribution in [-0.4, -0.2) is 39.3 Å². The smallest absolute Gasteiger partial charge is 0.303 e. The van der Waals surface area contributed by atoms with Crippen LogP contribution in [0.15, 0.2) is 54.1 Å². The molecular weight excluding hydrogens is 394 g/mol. The number of ketones is 1. The third-order valence-corrected chi connectivity index (χ3v) is 5.20. The number of carbonyl (C=O) groups excluding carboxylic acids is 2. The van der Waals surface area contributed by atoms with Gasteiger partial charge in [0.2, 0.25) is 0 Å². The quantitative estimate of drug-likeness (QED) is 0.425. The average Bonchev–Trinajstić information content (AvgIpc) is 2.93. The van der Waals surface area contributed by atoms with Crippen LogP contribution in [0, 0.1) is 6.92 Å². The van der Waals surface area contributed by atoms with Gasteiger partial charge in [-0.05, 0) is 25.0 Å². The number of carboxylic acid groups (broad SMARTS) is 1. The number of likely N-dealkylation sites (tertiary alicyclic amines) is 1. The Labute approximate surface area is 173 Å². The van der Waals surface area contributed by atoms with Crippen molar-refractivity contribution in [1.29, 1.82) is 0 Å². The molecule has 1 fully saturated rings. The number of halogens is 1. The lowest BCUT2D eigenvalue weighted by atomic mass is 9.95. The van der Waals surface area contributed by atoms with Gasteiger partial charge in [-0.3, -0.25) is 14.4 Å². The second-order valence-corrected chi connectivity index (χ2v) is 7.28. The van der Waals surface area contributed by atoms with Crippen molar-refractivity contribution < 1.29 is 24.6 Å². The first-order chi connectivity index (χ1) is 13.8. The molecule has 0 spiro atoms. The number of benzene rings is 2. The molecule has 1 amide bonds. The molecule has 2 aromatic rings. The van der Waals surface area contributed by atoms with Gasteiger partial charge < -0.3 is 15.1 Å². The van der Waals surface area contributed by atoms with E-state index in [0.29, 0.717) is 16.1 Å². The first-order valence-corrected chi connectivity index (χ1v) is 9.50. The van der Waals surface area contributed by atoms with Crippen molar-refractivity contribution in [1.82, 2.24) is 4.90 Å². The zero-order chi connectivity index (χ0) is 21.1. The Morgan fingerprint density at radius 3 is 2.34 bits per heavy atom. The van der Waals surface area contributed by atoms with Crippen molar-refractivity contribution in [3.63, 3.8) is 0 Å². The average molecular weight is 414 g/mol. The van der Waals surface area contributed by atoms with E-state index in [0.717, 1.165) is 5.56 Å². The first kappa shape index (κ1) is 20.6. The van der Waals surface area contributed by atoms with Crippen LogP contribution < -0.4 is 0 Å². The Bertz CT molecular complexity index is 997. The molecule has 0 saturated carbocycles. The van der Waals surface area contributed by atoms with E-state index in [2.05, 4.69) is 0 Å². The molecule has 1 atom stereocenters. The predicted octanol–water partition coefficient (Wildman–Crippen LogP) is 3.93. The fourth-order valence-electron chi connectivity index (χ4n) is 3.40. The number of hydrogen-bond donors (Lipinski definition) is 2. The number of amides is 1. The fourth-order valence-corrected chi connectivity index (χ4v) is 3.64. The summed E-state index contributed by atoms with van der Waals surface area (Å²) in [5, 5.41) is 20.1. The molecule has 29 heavy (non-hydrogen) atoms. The molecule has 2 aromatic carbocycles. The van der Waals surface area contributed by atoms with E-state index < -0.39 is 23.7 Å². The number of aliphatic hydroxyl groups is 1. The van der Waals surface area contributed by atoms with Crippen molar-refractivity contribution in [2.45, 2.75) is 25.8 Å². The monoisotopic (exact) mass is 413 g/mol. The summed E-state index contributed by atoms with van der Waals surface area (Å²) in [5.41, 5.74) is 1.84. The van der Waals surface area contributed by atoms with Crippen molar-refractivity contribution >= 4 is 35.0 Å². The maximum atomic E-state index is 12.8. The number of Topliss-reactive ketones (excluding diaryl/α,β-unsaturated/α-hetero) is 1. The third-order valence-electron chi connectivity index (χ3n) is 4.85. The minimum atomic E-state index is -0.990. The summed E-state index contributed by atoms with van der Waals surface area (Å²) in [4.78, 5) is 37.7. The highest BCUT2D eigenvalue weighted by molar-refractivity contribution is 6.47. The number of aliphatic carboxylic acids is 1. The van der Waals surface area contributed by atoms with Crippen molar-refractivity contribution in [2.75, 3.05) is 6.54 Å². The van der Waals surface area contributed by atoms with E-state index in [1.165, 1.54) is 4.90 Å². The molecule has 1 aliphatic heterocycles. The molecule has 1 heterocycles. The van der Waals surface area contributed by atoms with E-state index in [-0.39, 0.29) is 30.7 Å². The van der Waals surface area contributed by atoms with Gasteiger partial charge in [0.05, 0.1) is 11.6 Å². The van der Waals surface area contributed by atoms with E-state index >= 15 is 0 Å². The molecule has 3 rings (SSSR count). The lowest BCUT2D eigenvalue weighted by molar-refractivity contribution is -0.140. The molecule has 0 radical (unpaired) electrons. The Hall–Kier alpha value is -3.12. The van der Waals surface area contributed by atoms with Gasteiger partial charge in [0, 0.05) is 23.6 Å². The summed E-state index contributed by atoms with van der Waals surface area (Å²) in [6, 6.07) is 12.8. The van der Waals surface area contributed by atoms with Gasteiger partial charge in [-0.2, -0.15) is 0 Å². The second kappa shape index (κ2) is 8.49. The second-order valence-electron chi connectivity index (χ2n) is 6.88. The Balaban J connectivity index is 2.12. The Morgan fingerprint density at radius 1 is 1.07 bits per heavy atom. The summed E-state index contributed by atoms with van der Waals surface area (Å²) < 4.78 is 0. The SMILES string of the molecule is Cc1ccc(C(O)=C2C(=O)C(=O)N(CCCC(=O)O)[C@@H]2c2ccccc2Cl)cc1. The lowest BCUT2D eigenvalue weighted by Crippen LogP contribution is -2.31. The van der Waals surface area contributed by atoms with E-state index in [9.17, 15) is 19.5 Å². The molecule has 0 bridgehead atoms. The third kappa shape index (κ3) is 4.17. The summed E-state index contributed by atoms with van der Waals surface area (Å²) in [6.07, 6.45) is 0.0318. The Morgan fingerprint density at radius 2 is 1.72 bits per heavy atom. The van der Waals surface area contributed by atoms with Gasteiger partial charge in [-0.25, -0.2) is 0 Å². The number of carboxylic acids is 1. The topological polar surface area (TPSA) is 94.9 Å². The van der Waals surface area contributed by atoms with Gasteiger partial charge >= 0.3 is 5.97 Å². The largest absolute Gasteiger partial charge is 0.507 e. The highest BCUT2D eigenvalue weighted by Gasteiger charge is 2.46. The first-order valence-electron chi connectivity index (χ1n) is 9.13. The number of hydrogen-bond acceptors (Lipinski definition) is 4. The zero-order valence-electron chi connectivity index (χ0n) is 15.8. The molecule has 1 aliphatic rings. The minimum Gasteiger partial charge on any atom is -0.507 e. The van der Waals surface area contributed by atoms with Gasteiger partial charge in [-0.1, -0.05) is 59.6 Å². The molecule has 6 nitrogen and oxygen atoms in total. The number of nitrogens with zero attached hydrogens (tertiary/aromatic N) is 1. The van der Waals surface area contributed by atoms with Crippen LogP contribution in [0.4, 0.5) is 0 Å². The van der Waals surface area contributed by atoms with E-state index in [1.54, 1.807) is 48.5 Å². The summed E-state index contributed by atoms with van der Waals surface area (Å²) in [7, 11) is 0.